The molecule has 0 amide bonds. The van der Waals surface area contributed by atoms with E-state index < -0.39 is 0 Å². The Morgan fingerprint density at radius 3 is 2.87 bits per heavy atom. The van der Waals surface area contributed by atoms with E-state index in [1.54, 1.807) is 6.33 Å². The minimum atomic E-state index is 0.0154. The van der Waals surface area contributed by atoms with Crippen molar-refractivity contribution in [1.29, 1.82) is 0 Å². The Kier molecular flexibility index (Phi) is 4.63. The van der Waals surface area contributed by atoms with E-state index in [4.69, 9.17) is 4.74 Å². The Labute approximate surface area is 137 Å². The second-order valence-corrected chi connectivity index (χ2v) is 6.35. The molecule has 1 N–H and O–H groups in total. The maximum absolute atomic E-state index is 5.98. The molecule has 2 aromatic heterocycles. The number of rotatable bonds is 4. The summed E-state index contributed by atoms with van der Waals surface area (Å²) in [6.45, 7) is 7.43. The van der Waals surface area contributed by atoms with Crippen LogP contribution in [0, 0.1) is 13.8 Å². The van der Waals surface area contributed by atoms with Crippen molar-refractivity contribution < 1.29 is 4.74 Å². The minimum Gasteiger partial charge on any atom is -0.378 e. The molecular formula is C17H25N5O. The summed E-state index contributed by atoms with van der Waals surface area (Å²) < 4.78 is 5.98. The molecule has 0 unspecified atom stereocenters. The molecule has 0 spiro atoms. The number of nitrogens with zero attached hydrogens (tertiary/aromatic N) is 4. The van der Waals surface area contributed by atoms with Crippen LogP contribution in [0.3, 0.4) is 0 Å². The van der Waals surface area contributed by atoms with Crippen molar-refractivity contribution >= 4 is 5.69 Å². The van der Waals surface area contributed by atoms with Gasteiger partial charge in [-0.05, 0) is 26.0 Å². The van der Waals surface area contributed by atoms with Crippen LogP contribution in [0.2, 0.25) is 0 Å². The predicted molar refractivity (Wildman–Crippen MR) is 90.6 cm³/mol. The number of morpholine rings is 1. The number of aromatic amines is 1. The maximum atomic E-state index is 5.98. The van der Waals surface area contributed by atoms with E-state index >= 15 is 0 Å². The van der Waals surface area contributed by atoms with E-state index in [0.29, 0.717) is 0 Å². The summed E-state index contributed by atoms with van der Waals surface area (Å²) in [4.78, 5) is 16.7. The topological polar surface area (TPSA) is 57.3 Å². The van der Waals surface area contributed by atoms with Gasteiger partial charge in [0.2, 0.25) is 0 Å². The highest BCUT2D eigenvalue weighted by atomic mass is 16.5. The number of H-pyrrole nitrogens is 1. The standard InChI is InChI=1S/C17H25N5O/c1-12-7-14(21(3)4)8-15(20-12)17-10-22(5-6-23-17)9-16-13(2)18-11-19-16/h7-8,11,17H,5-6,9-10H2,1-4H3,(H,18,19)/t17-/m0/s1. The largest absolute Gasteiger partial charge is 0.378 e. The van der Waals surface area contributed by atoms with Gasteiger partial charge in [-0.3, -0.25) is 9.88 Å². The number of ether oxygens (including phenoxy) is 1. The highest BCUT2D eigenvalue weighted by Crippen LogP contribution is 2.25. The zero-order valence-corrected chi connectivity index (χ0v) is 14.3. The zero-order chi connectivity index (χ0) is 16.4. The molecule has 0 aromatic carbocycles. The number of aromatic nitrogens is 3. The van der Waals surface area contributed by atoms with Crippen LogP contribution in [0.1, 0.15) is 28.9 Å². The van der Waals surface area contributed by atoms with Crippen molar-refractivity contribution in [2.45, 2.75) is 26.5 Å². The molecule has 0 aliphatic carbocycles. The summed E-state index contributed by atoms with van der Waals surface area (Å²) in [5.41, 5.74) is 5.44. The average molecular weight is 315 g/mol. The summed E-state index contributed by atoms with van der Waals surface area (Å²) >= 11 is 0. The van der Waals surface area contributed by atoms with E-state index in [0.717, 1.165) is 54.7 Å². The molecule has 1 aliphatic rings. The third-order valence-electron chi connectivity index (χ3n) is 4.26. The number of hydrogen-bond acceptors (Lipinski definition) is 5. The van der Waals surface area contributed by atoms with Crippen molar-refractivity contribution in [1.82, 2.24) is 19.9 Å². The predicted octanol–water partition coefficient (Wildman–Crippen LogP) is 2.06. The Hall–Kier alpha value is -1.92. The quantitative estimate of drug-likeness (QED) is 0.936. The molecular weight excluding hydrogens is 290 g/mol. The van der Waals surface area contributed by atoms with E-state index in [1.165, 1.54) is 0 Å². The molecule has 0 radical (unpaired) electrons. The van der Waals surface area contributed by atoms with Gasteiger partial charge in [0, 0.05) is 50.8 Å². The van der Waals surface area contributed by atoms with Gasteiger partial charge in [0.25, 0.3) is 0 Å². The minimum absolute atomic E-state index is 0.0154. The molecule has 2 aromatic rings. The fourth-order valence-corrected chi connectivity index (χ4v) is 2.88. The fraction of sp³-hybridized carbons (Fsp3) is 0.529. The van der Waals surface area contributed by atoms with Crippen LogP contribution in [0.4, 0.5) is 5.69 Å². The van der Waals surface area contributed by atoms with Gasteiger partial charge in [-0.1, -0.05) is 0 Å². The summed E-state index contributed by atoms with van der Waals surface area (Å²) in [6, 6.07) is 4.22. The number of pyridine rings is 1. The van der Waals surface area contributed by atoms with Crippen molar-refractivity contribution in [3.05, 3.63) is 41.2 Å². The number of imidazole rings is 1. The molecule has 0 saturated carbocycles. The first-order chi connectivity index (χ1) is 11.0. The highest BCUT2D eigenvalue weighted by molar-refractivity contribution is 5.47. The smallest absolute Gasteiger partial charge is 0.112 e. The van der Waals surface area contributed by atoms with E-state index in [1.807, 2.05) is 21.0 Å². The zero-order valence-electron chi connectivity index (χ0n) is 14.3. The lowest BCUT2D eigenvalue weighted by Gasteiger charge is -2.32. The van der Waals surface area contributed by atoms with E-state index in [2.05, 4.69) is 43.8 Å². The molecule has 3 rings (SSSR count). The fourth-order valence-electron chi connectivity index (χ4n) is 2.88. The van der Waals surface area contributed by atoms with Gasteiger partial charge in [-0.25, -0.2) is 4.98 Å². The molecule has 6 nitrogen and oxygen atoms in total. The van der Waals surface area contributed by atoms with Crippen molar-refractivity contribution in [2.75, 3.05) is 38.7 Å². The number of hydrogen-bond donors (Lipinski definition) is 1. The lowest BCUT2D eigenvalue weighted by molar-refractivity contribution is -0.0354. The lowest BCUT2D eigenvalue weighted by atomic mass is 10.1. The molecule has 1 atom stereocenters. The van der Waals surface area contributed by atoms with Gasteiger partial charge >= 0.3 is 0 Å². The van der Waals surface area contributed by atoms with Crippen LogP contribution in [0.5, 0.6) is 0 Å². The average Bonchev–Trinajstić information content (AvgIpc) is 2.92. The molecule has 1 fully saturated rings. The second kappa shape index (κ2) is 6.68. The molecule has 23 heavy (non-hydrogen) atoms. The van der Waals surface area contributed by atoms with Gasteiger partial charge in [0.05, 0.1) is 24.3 Å². The number of anilines is 1. The van der Waals surface area contributed by atoms with Crippen molar-refractivity contribution in [3.8, 4) is 0 Å². The normalized spacial score (nSPS) is 19.0. The third-order valence-corrected chi connectivity index (χ3v) is 4.26. The lowest BCUT2D eigenvalue weighted by Crippen LogP contribution is -2.38. The number of nitrogens with one attached hydrogen (secondary N) is 1. The second-order valence-electron chi connectivity index (χ2n) is 6.35. The monoisotopic (exact) mass is 315 g/mol. The first kappa shape index (κ1) is 16.0. The van der Waals surface area contributed by atoms with Crippen molar-refractivity contribution in [2.24, 2.45) is 0 Å². The van der Waals surface area contributed by atoms with Crippen LogP contribution in [0.25, 0.3) is 0 Å². The highest BCUT2D eigenvalue weighted by Gasteiger charge is 2.24. The SMILES string of the molecule is Cc1cc(N(C)C)cc([C@@H]2CN(Cc3nc[nH]c3C)CCO2)n1. The van der Waals surface area contributed by atoms with Crippen LogP contribution < -0.4 is 4.90 Å². The van der Waals surface area contributed by atoms with Gasteiger partial charge in [0.1, 0.15) is 6.10 Å². The third kappa shape index (κ3) is 3.71. The van der Waals surface area contributed by atoms with Crippen molar-refractivity contribution in [3.63, 3.8) is 0 Å². The van der Waals surface area contributed by atoms with Crippen LogP contribution >= 0.6 is 0 Å². The summed E-state index contributed by atoms with van der Waals surface area (Å²) in [5, 5.41) is 0. The van der Waals surface area contributed by atoms with Crippen LogP contribution in [-0.2, 0) is 11.3 Å². The van der Waals surface area contributed by atoms with Gasteiger partial charge in [-0.15, -0.1) is 0 Å². The van der Waals surface area contributed by atoms with Gasteiger partial charge in [-0.2, -0.15) is 0 Å². The Morgan fingerprint density at radius 1 is 1.35 bits per heavy atom. The first-order valence-electron chi connectivity index (χ1n) is 8.01. The van der Waals surface area contributed by atoms with Gasteiger partial charge in [0.15, 0.2) is 0 Å². The Morgan fingerprint density at radius 2 is 2.17 bits per heavy atom. The van der Waals surface area contributed by atoms with Crippen LogP contribution in [-0.4, -0.2) is 53.6 Å². The Balaban J connectivity index is 1.74. The first-order valence-corrected chi connectivity index (χ1v) is 8.01. The molecule has 0 bridgehead atoms. The number of aryl methyl sites for hydroxylation is 2. The Bertz CT molecular complexity index is 667. The molecule has 6 heteroatoms. The van der Waals surface area contributed by atoms with Crippen LogP contribution in [0.15, 0.2) is 18.5 Å². The van der Waals surface area contributed by atoms with E-state index in [-0.39, 0.29) is 6.10 Å². The summed E-state index contributed by atoms with van der Waals surface area (Å²) in [6.07, 6.45) is 1.77. The summed E-state index contributed by atoms with van der Waals surface area (Å²) in [5.74, 6) is 0. The van der Waals surface area contributed by atoms with E-state index in [9.17, 15) is 0 Å². The maximum Gasteiger partial charge on any atom is 0.112 e. The molecule has 3 heterocycles. The molecule has 1 saturated heterocycles. The summed E-state index contributed by atoms with van der Waals surface area (Å²) in [7, 11) is 4.10. The molecule has 1 aliphatic heterocycles. The molecule has 124 valence electrons. The van der Waals surface area contributed by atoms with Gasteiger partial charge < -0.3 is 14.6 Å².